The summed E-state index contributed by atoms with van der Waals surface area (Å²) in [6.45, 7) is 0. The van der Waals surface area contributed by atoms with E-state index in [-0.39, 0.29) is 11.7 Å². The average Bonchev–Trinajstić information content (AvgIpc) is 2.74. The summed E-state index contributed by atoms with van der Waals surface area (Å²) in [6, 6.07) is 20.0. The molecule has 1 amide bonds. The molecule has 0 spiro atoms. The average molecular weight is 430 g/mol. The summed E-state index contributed by atoms with van der Waals surface area (Å²) >= 11 is 7.49. The van der Waals surface area contributed by atoms with Crippen molar-refractivity contribution in [2.75, 3.05) is 25.3 Å². The van der Waals surface area contributed by atoms with E-state index in [0.29, 0.717) is 33.7 Å². The minimum Gasteiger partial charge on any atom is -0.493 e. The zero-order valence-electron chi connectivity index (χ0n) is 16.0. The van der Waals surface area contributed by atoms with Gasteiger partial charge in [-0.05, 0) is 48.5 Å². The Kier molecular flexibility index (Phi) is 7.27. The highest BCUT2D eigenvalue weighted by Gasteiger charge is 2.12. The van der Waals surface area contributed by atoms with Gasteiger partial charge in [-0.2, -0.15) is 0 Å². The van der Waals surface area contributed by atoms with E-state index in [1.165, 1.54) is 11.8 Å². The number of ether oxygens (including phenoxy) is 3. The Morgan fingerprint density at radius 1 is 0.931 bits per heavy atom. The lowest BCUT2D eigenvalue weighted by atomic mass is 10.3. The van der Waals surface area contributed by atoms with E-state index < -0.39 is 0 Å². The van der Waals surface area contributed by atoms with Crippen LogP contribution in [0, 0.1) is 0 Å². The van der Waals surface area contributed by atoms with E-state index in [0.717, 1.165) is 4.90 Å². The molecule has 0 heterocycles. The van der Waals surface area contributed by atoms with E-state index in [2.05, 4.69) is 5.32 Å². The summed E-state index contributed by atoms with van der Waals surface area (Å²) in [5.74, 6) is 2.49. The number of carbonyl (C=O) groups excluding carboxylic acids is 1. The fourth-order valence-electron chi connectivity index (χ4n) is 2.55. The molecular weight excluding hydrogens is 410 g/mol. The van der Waals surface area contributed by atoms with Crippen LogP contribution < -0.4 is 19.5 Å². The number of amides is 1. The number of carbonyl (C=O) groups is 1. The molecule has 29 heavy (non-hydrogen) atoms. The molecule has 0 atom stereocenters. The third kappa shape index (κ3) is 5.82. The quantitative estimate of drug-likeness (QED) is 0.453. The fourth-order valence-corrected chi connectivity index (χ4v) is 3.44. The van der Waals surface area contributed by atoms with E-state index in [1.54, 1.807) is 32.4 Å². The maximum absolute atomic E-state index is 12.5. The van der Waals surface area contributed by atoms with Gasteiger partial charge in [0.25, 0.3) is 0 Å². The summed E-state index contributed by atoms with van der Waals surface area (Å²) in [5.41, 5.74) is 0.513. The molecule has 0 radical (unpaired) electrons. The molecular formula is C22H20ClNO4S. The highest BCUT2D eigenvalue weighted by Crippen LogP contribution is 2.34. The SMILES string of the molecule is COc1ccc(SCC(=O)Nc2cc(Cl)ccc2Oc2ccccc2)cc1OC. The van der Waals surface area contributed by atoms with E-state index >= 15 is 0 Å². The zero-order chi connectivity index (χ0) is 20.6. The number of halogens is 1. The Balaban J connectivity index is 1.67. The normalized spacial score (nSPS) is 10.3. The minimum absolute atomic E-state index is 0.176. The van der Waals surface area contributed by atoms with Gasteiger partial charge in [-0.3, -0.25) is 4.79 Å². The number of hydrogen-bond acceptors (Lipinski definition) is 5. The maximum atomic E-state index is 12.5. The number of rotatable bonds is 8. The van der Waals surface area contributed by atoms with Crippen LogP contribution in [-0.4, -0.2) is 25.9 Å². The maximum Gasteiger partial charge on any atom is 0.234 e. The third-order valence-corrected chi connectivity index (χ3v) is 5.14. The van der Waals surface area contributed by atoms with Crippen LogP contribution in [-0.2, 0) is 4.79 Å². The number of anilines is 1. The van der Waals surface area contributed by atoms with E-state index in [1.807, 2.05) is 48.5 Å². The lowest BCUT2D eigenvalue weighted by molar-refractivity contribution is -0.113. The molecule has 0 aromatic heterocycles. The molecule has 1 N–H and O–H groups in total. The highest BCUT2D eigenvalue weighted by molar-refractivity contribution is 8.00. The summed E-state index contributed by atoms with van der Waals surface area (Å²) in [5, 5.41) is 3.38. The van der Waals surface area contributed by atoms with Crippen molar-refractivity contribution in [2.45, 2.75) is 4.90 Å². The fraction of sp³-hybridized carbons (Fsp3) is 0.136. The van der Waals surface area contributed by atoms with Gasteiger partial charge in [-0.1, -0.05) is 29.8 Å². The molecule has 0 saturated heterocycles. The summed E-state index contributed by atoms with van der Waals surface area (Å²) < 4.78 is 16.4. The standard InChI is InChI=1S/C22H20ClNO4S/c1-26-20-11-9-17(13-21(20)27-2)29-14-22(25)24-18-12-15(23)8-10-19(18)28-16-6-4-3-5-7-16/h3-13H,14H2,1-2H3,(H,24,25). The molecule has 0 aliphatic heterocycles. The molecule has 3 aromatic carbocycles. The molecule has 5 nitrogen and oxygen atoms in total. The molecule has 3 rings (SSSR count). The van der Waals surface area contributed by atoms with Crippen LogP contribution in [0.5, 0.6) is 23.0 Å². The molecule has 3 aromatic rings. The summed E-state index contributed by atoms with van der Waals surface area (Å²) in [7, 11) is 3.16. The Morgan fingerprint density at radius 3 is 2.38 bits per heavy atom. The first kappa shape index (κ1) is 20.9. The van der Waals surface area contributed by atoms with E-state index in [4.69, 9.17) is 25.8 Å². The van der Waals surface area contributed by atoms with Crippen LogP contribution in [0.15, 0.2) is 71.6 Å². The Hall–Kier alpha value is -2.83. The van der Waals surface area contributed by atoms with Gasteiger partial charge in [0.1, 0.15) is 5.75 Å². The molecule has 0 aliphatic carbocycles. The number of methoxy groups -OCH3 is 2. The number of para-hydroxylation sites is 1. The van der Waals surface area contributed by atoms with Crippen LogP contribution >= 0.6 is 23.4 Å². The van der Waals surface area contributed by atoms with Crippen molar-refractivity contribution in [3.8, 4) is 23.0 Å². The van der Waals surface area contributed by atoms with E-state index in [9.17, 15) is 4.79 Å². The molecule has 150 valence electrons. The lowest BCUT2D eigenvalue weighted by Gasteiger charge is -2.13. The monoisotopic (exact) mass is 429 g/mol. The van der Waals surface area contributed by atoms with Crippen molar-refractivity contribution >= 4 is 35.0 Å². The first-order chi connectivity index (χ1) is 14.1. The van der Waals surface area contributed by atoms with Crippen LogP contribution in [0.25, 0.3) is 0 Å². The smallest absolute Gasteiger partial charge is 0.234 e. The Bertz CT molecular complexity index is 982. The number of hydrogen-bond donors (Lipinski definition) is 1. The van der Waals surface area contributed by atoms with Gasteiger partial charge in [0.15, 0.2) is 17.2 Å². The first-order valence-corrected chi connectivity index (χ1v) is 10.1. The molecule has 0 bridgehead atoms. The van der Waals surface area contributed by atoms with Crippen LogP contribution in [0.1, 0.15) is 0 Å². The van der Waals surface area contributed by atoms with Crippen molar-refractivity contribution in [1.82, 2.24) is 0 Å². The van der Waals surface area contributed by atoms with Gasteiger partial charge in [0.2, 0.25) is 5.91 Å². The predicted molar refractivity (Wildman–Crippen MR) is 117 cm³/mol. The minimum atomic E-state index is -0.176. The van der Waals surface area contributed by atoms with Crippen LogP contribution in [0.2, 0.25) is 5.02 Å². The van der Waals surface area contributed by atoms with Crippen LogP contribution in [0.4, 0.5) is 5.69 Å². The first-order valence-electron chi connectivity index (χ1n) is 8.76. The molecule has 0 aliphatic rings. The topological polar surface area (TPSA) is 56.8 Å². The second-order valence-electron chi connectivity index (χ2n) is 5.91. The number of nitrogens with one attached hydrogen (secondary N) is 1. The van der Waals surface area contributed by atoms with Crippen molar-refractivity contribution < 1.29 is 19.0 Å². The summed E-state index contributed by atoms with van der Waals surface area (Å²) in [4.78, 5) is 13.4. The number of thioether (sulfide) groups is 1. The Labute approximate surface area is 178 Å². The van der Waals surface area contributed by atoms with Crippen molar-refractivity contribution in [3.05, 3.63) is 71.8 Å². The predicted octanol–water partition coefficient (Wildman–Crippen LogP) is 5.88. The highest BCUT2D eigenvalue weighted by atomic mass is 35.5. The lowest BCUT2D eigenvalue weighted by Crippen LogP contribution is -2.14. The van der Waals surface area contributed by atoms with Gasteiger partial charge < -0.3 is 19.5 Å². The molecule has 7 heteroatoms. The van der Waals surface area contributed by atoms with Crippen molar-refractivity contribution in [2.24, 2.45) is 0 Å². The van der Waals surface area contributed by atoms with Gasteiger partial charge >= 0.3 is 0 Å². The van der Waals surface area contributed by atoms with Crippen LogP contribution in [0.3, 0.4) is 0 Å². The van der Waals surface area contributed by atoms with Gasteiger partial charge in [-0.15, -0.1) is 11.8 Å². The van der Waals surface area contributed by atoms with Gasteiger partial charge in [0, 0.05) is 9.92 Å². The molecule has 0 fully saturated rings. The van der Waals surface area contributed by atoms with Gasteiger partial charge in [0.05, 0.1) is 25.7 Å². The van der Waals surface area contributed by atoms with Crippen molar-refractivity contribution in [3.63, 3.8) is 0 Å². The Morgan fingerprint density at radius 2 is 1.66 bits per heavy atom. The zero-order valence-corrected chi connectivity index (χ0v) is 17.5. The number of benzene rings is 3. The van der Waals surface area contributed by atoms with Crippen molar-refractivity contribution in [1.29, 1.82) is 0 Å². The molecule has 0 unspecified atom stereocenters. The summed E-state index contributed by atoms with van der Waals surface area (Å²) in [6.07, 6.45) is 0. The third-order valence-electron chi connectivity index (χ3n) is 3.91. The second-order valence-corrected chi connectivity index (χ2v) is 7.39. The molecule has 0 saturated carbocycles. The van der Waals surface area contributed by atoms with Gasteiger partial charge in [-0.25, -0.2) is 0 Å². The second kappa shape index (κ2) is 10.1. The largest absolute Gasteiger partial charge is 0.493 e.